The Kier molecular flexibility index (Phi) is 5.80. The smallest absolute Gasteiger partial charge is 0.124 e. The molecule has 0 radical (unpaired) electrons. The highest BCUT2D eigenvalue weighted by atomic mass is 35.5. The Morgan fingerprint density at radius 2 is 2.00 bits per heavy atom. The summed E-state index contributed by atoms with van der Waals surface area (Å²) in [6, 6.07) is 9.14. The monoisotopic (exact) mass is 325 g/mol. The number of hydrogen-bond donors (Lipinski definition) is 1. The van der Waals surface area contributed by atoms with Crippen LogP contribution in [-0.2, 0) is 0 Å². The van der Waals surface area contributed by atoms with Crippen molar-refractivity contribution in [1.82, 2.24) is 5.32 Å². The van der Waals surface area contributed by atoms with Crippen molar-refractivity contribution in [2.75, 3.05) is 6.54 Å². The van der Waals surface area contributed by atoms with Crippen LogP contribution in [0, 0.1) is 11.7 Å². The first-order valence-electron chi connectivity index (χ1n) is 7.31. The molecule has 1 unspecified atom stereocenters. The van der Waals surface area contributed by atoms with Gasteiger partial charge in [-0.25, -0.2) is 4.39 Å². The molecule has 1 aromatic carbocycles. The maximum absolute atomic E-state index is 13.2. The molecule has 0 amide bonds. The summed E-state index contributed by atoms with van der Waals surface area (Å²) in [6.45, 7) is 7.62. The Morgan fingerprint density at radius 1 is 1.24 bits per heavy atom. The van der Waals surface area contributed by atoms with Gasteiger partial charge in [-0.3, -0.25) is 0 Å². The Morgan fingerprint density at radius 3 is 2.62 bits per heavy atom. The molecule has 0 aliphatic carbocycles. The van der Waals surface area contributed by atoms with Gasteiger partial charge in [0.1, 0.15) is 5.82 Å². The molecule has 2 rings (SSSR count). The second kappa shape index (κ2) is 7.39. The summed E-state index contributed by atoms with van der Waals surface area (Å²) < 4.78 is 13.2. The van der Waals surface area contributed by atoms with Crippen LogP contribution in [0.25, 0.3) is 10.4 Å². The lowest BCUT2D eigenvalue weighted by Gasteiger charge is -2.21. The van der Waals surface area contributed by atoms with Crippen molar-refractivity contribution in [1.29, 1.82) is 0 Å². The summed E-state index contributed by atoms with van der Waals surface area (Å²) in [7, 11) is 0. The van der Waals surface area contributed by atoms with Gasteiger partial charge in [-0.05, 0) is 49.2 Å². The fourth-order valence-electron chi connectivity index (χ4n) is 2.32. The zero-order valence-corrected chi connectivity index (χ0v) is 14.2. The van der Waals surface area contributed by atoms with E-state index in [1.165, 1.54) is 17.0 Å². The first kappa shape index (κ1) is 16.5. The third-order valence-electron chi connectivity index (χ3n) is 3.41. The fourth-order valence-corrected chi connectivity index (χ4v) is 3.94. The van der Waals surface area contributed by atoms with Gasteiger partial charge in [-0.2, -0.15) is 0 Å². The molecule has 0 saturated heterocycles. The van der Waals surface area contributed by atoms with Crippen LogP contribution in [0.15, 0.2) is 30.3 Å². The van der Waals surface area contributed by atoms with Crippen molar-refractivity contribution in [3.05, 3.63) is 46.0 Å². The molecular weight excluding hydrogens is 305 g/mol. The molecule has 1 atom stereocenters. The predicted molar refractivity (Wildman–Crippen MR) is 90.6 cm³/mol. The molecule has 2 aromatic rings. The standard InChI is InChI=1S/C17H21ClFNS/c1-4-9-20-17(11(2)3)16-8-7-15(21-16)13-6-5-12(19)10-14(13)18/h5-8,10-11,17,20H,4,9H2,1-3H3. The van der Waals surface area contributed by atoms with E-state index in [4.69, 9.17) is 11.6 Å². The SMILES string of the molecule is CCCNC(c1ccc(-c2ccc(F)cc2Cl)s1)C(C)C. The third-order valence-corrected chi connectivity index (χ3v) is 4.93. The highest BCUT2D eigenvalue weighted by Gasteiger charge is 2.18. The number of nitrogens with one attached hydrogen (secondary N) is 1. The Hall–Kier alpha value is -0.900. The van der Waals surface area contributed by atoms with Gasteiger partial charge in [-0.1, -0.05) is 32.4 Å². The van der Waals surface area contributed by atoms with E-state index < -0.39 is 0 Å². The van der Waals surface area contributed by atoms with Crippen molar-refractivity contribution < 1.29 is 4.39 Å². The van der Waals surface area contributed by atoms with Gasteiger partial charge in [0.15, 0.2) is 0 Å². The van der Waals surface area contributed by atoms with E-state index in [0.29, 0.717) is 17.0 Å². The van der Waals surface area contributed by atoms with E-state index in [-0.39, 0.29) is 5.82 Å². The van der Waals surface area contributed by atoms with Gasteiger partial charge in [0.25, 0.3) is 0 Å². The lowest BCUT2D eigenvalue weighted by molar-refractivity contribution is 0.418. The zero-order chi connectivity index (χ0) is 15.4. The normalized spacial score (nSPS) is 12.9. The number of hydrogen-bond acceptors (Lipinski definition) is 2. The molecule has 1 nitrogen and oxygen atoms in total. The van der Waals surface area contributed by atoms with Crippen LogP contribution in [0.5, 0.6) is 0 Å². The Bertz CT molecular complexity index is 594. The number of benzene rings is 1. The van der Waals surface area contributed by atoms with Gasteiger partial charge < -0.3 is 5.32 Å². The molecule has 114 valence electrons. The van der Waals surface area contributed by atoms with Gasteiger partial charge >= 0.3 is 0 Å². The maximum atomic E-state index is 13.2. The number of thiophene rings is 1. The minimum absolute atomic E-state index is 0.301. The van der Waals surface area contributed by atoms with Gasteiger partial charge in [0.2, 0.25) is 0 Å². The number of rotatable bonds is 6. The molecule has 0 aliphatic heterocycles. The Balaban J connectivity index is 2.27. The van der Waals surface area contributed by atoms with Crippen LogP contribution in [0.1, 0.15) is 38.1 Å². The fraction of sp³-hybridized carbons (Fsp3) is 0.412. The van der Waals surface area contributed by atoms with E-state index in [0.717, 1.165) is 23.4 Å². The second-order valence-electron chi connectivity index (χ2n) is 5.50. The lowest BCUT2D eigenvalue weighted by Crippen LogP contribution is -2.25. The van der Waals surface area contributed by atoms with Crippen LogP contribution in [0.3, 0.4) is 0 Å². The maximum Gasteiger partial charge on any atom is 0.124 e. The molecular formula is C17H21ClFNS. The summed E-state index contributed by atoms with van der Waals surface area (Å²) >= 11 is 7.87. The van der Waals surface area contributed by atoms with Gasteiger partial charge in [0, 0.05) is 21.4 Å². The molecule has 1 N–H and O–H groups in total. The molecule has 21 heavy (non-hydrogen) atoms. The first-order valence-corrected chi connectivity index (χ1v) is 8.51. The van der Waals surface area contributed by atoms with Gasteiger partial charge in [-0.15, -0.1) is 11.3 Å². The summed E-state index contributed by atoms with van der Waals surface area (Å²) in [4.78, 5) is 2.38. The van der Waals surface area contributed by atoms with E-state index in [1.807, 2.05) is 0 Å². The summed E-state index contributed by atoms with van der Waals surface area (Å²) in [6.07, 6.45) is 1.12. The summed E-state index contributed by atoms with van der Waals surface area (Å²) in [5.74, 6) is 0.219. The minimum atomic E-state index is -0.301. The van der Waals surface area contributed by atoms with E-state index in [2.05, 4.69) is 38.2 Å². The second-order valence-corrected chi connectivity index (χ2v) is 7.02. The van der Waals surface area contributed by atoms with Gasteiger partial charge in [0.05, 0.1) is 5.02 Å². The van der Waals surface area contributed by atoms with E-state index in [9.17, 15) is 4.39 Å². The molecule has 0 bridgehead atoms. The molecule has 0 aliphatic rings. The largest absolute Gasteiger partial charge is 0.309 e. The predicted octanol–water partition coefficient (Wildman–Crippen LogP) is 5.90. The molecule has 0 fully saturated rings. The molecule has 4 heteroatoms. The van der Waals surface area contributed by atoms with Crippen LogP contribution in [-0.4, -0.2) is 6.54 Å². The quantitative estimate of drug-likeness (QED) is 0.696. The highest BCUT2D eigenvalue weighted by Crippen LogP contribution is 2.37. The van der Waals surface area contributed by atoms with Crippen molar-refractivity contribution in [2.24, 2.45) is 5.92 Å². The summed E-state index contributed by atoms with van der Waals surface area (Å²) in [5.41, 5.74) is 0.896. The minimum Gasteiger partial charge on any atom is -0.309 e. The lowest BCUT2D eigenvalue weighted by atomic mass is 10.0. The first-order chi connectivity index (χ1) is 10.0. The Labute approximate surface area is 135 Å². The van der Waals surface area contributed by atoms with Crippen LogP contribution >= 0.6 is 22.9 Å². The molecule has 1 heterocycles. The van der Waals surface area contributed by atoms with Crippen molar-refractivity contribution in [3.8, 4) is 10.4 Å². The van der Waals surface area contributed by atoms with Crippen LogP contribution in [0.4, 0.5) is 4.39 Å². The topological polar surface area (TPSA) is 12.0 Å². The highest BCUT2D eigenvalue weighted by molar-refractivity contribution is 7.15. The zero-order valence-electron chi connectivity index (χ0n) is 12.6. The van der Waals surface area contributed by atoms with Crippen LogP contribution in [0.2, 0.25) is 5.02 Å². The third kappa shape index (κ3) is 4.06. The average molecular weight is 326 g/mol. The van der Waals surface area contributed by atoms with Crippen molar-refractivity contribution >= 4 is 22.9 Å². The molecule has 0 saturated carbocycles. The summed E-state index contributed by atoms with van der Waals surface area (Å²) in [5, 5.41) is 4.06. The van der Waals surface area contributed by atoms with Crippen LogP contribution < -0.4 is 5.32 Å². The van der Waals surface area contributed by atoms with Crippen molar-refractivity contribution in [2.45, 2.75) is 33.2 Å². The molecule has 1 aromatic heterocycles. The van der Waals surface area contributed by atoms with E-state index in [1.54, 1.807) is 17.4 Å². The van der Waals surface area contributed by atoms with Crippen molar-refractivity contribution in [3.63, 3.8) is 0 Å². The molecule has 0 spiro atoms. The average Bonchev–Trinajstić information content (AvgIpc) is 2.88. The van der Waals surface area contributed by atoms with E-state index >= 15 is 0 Å². The number of halogens is 2.